The highest BCUT2D eigenvalue weighted by molar-refractivity contribution is 6.09. The van der Waals surface area contributed by atoms with E-state index in [0.717, 1.165) is 24.1 Å². The molecule has 9 aromatic carbocycles. The number of benzene rings is 9. The molecule has 3 heterocycles. The molecule has 0 N–H and O–H groups in total. The largest absolute Gasteiger partial charge is 0.457 e. The highest BCUT2D eigenvalue weighted by Crippen LogP contribution is 2.53. The van der Waals surface area contributed by atoms with Gasteiger partial charge in [0, 0.05) is 54.2 Å². The van der Waals surface area contributed by atoms with E-state index in [1.807, 2.05) is 110 Å². The van der Waals surface area contributed by atoms with Crippen molar-refractivity contribution in [2.45, 2.75) is 71.6 Å². The number of hydrogen-bond acceptors (Lipinski definition) is 4. The molecular formula is C72H64N4O. The van der Waals surface area contributed by atoms with Gasteiger partial charge in [-0.2, -0.15) is 0 Å². The Labute approximate surface area is 472 Å². The number of rotatable bonds is 11. The van der Waals surface area contributed by atoms with Crippen LogP contribution in [-0.4, -0.2) is 16.2 Å². The van der Waals surface area contributed by atoms with Gasteiger partial charge in [0.15, 0.2) is 0 Å². The molecule has 0 unspecified atom stereocenters. The SMILES string of the molecule is [2H]c1c([2H])c(-c2ccccc2)c([2H])c(-c2cccc(-c3c([2H])c([2H])c4c(c3[2H])C(C)(C)CCC4(C)C)c2N2CN(c3cccc(Oc4ccc5c6c([2H])c([2H])c([2H])c([2H])c6n(-c6cc(C([2H])([2H])C(C)C)c(-c7ccccc7)cn6)c5c4)c3)c3ccccc32)c1[2H]. The molecule has 1 aliphatic heterocycles. The lowest BCUT2D eigenvalue weighted by Crippen LogP contribution is -2.33. The zero-order valence-electron chi connectivity index (χ0n) is 56.9. The summed E-state index contributed by atoms with van der Waals surface area (Å²) in [6.07, 6.45) is 1.32. The Hall–Kier alpha value is -8.67. The van der Waals surface area contributed by atoms with Crippen molar-refractivity contribution in [2.75, 3.05) is 16.5 Å². The topological polar surface area (TPSA) is 33.5 Å². The van der Waals surface area contributed by atoms with Gasteiger partial charge >= 0.3 is 0 Å². The molecule has 0 saturated carbocycles. The number of anilines is 4. The number of hydrogen-bond donors (Lipinski definition) is 0. The van der Waals surface area contributed by atoms with Crippen molar-refractivity contribution < 1.29 is 22.6 Å². The summed E-state index contributed by atoms with van der Waals surface area (Å²) in [6, 6.07) is 43.8. The molecule has 77 heavy (non-hydrogen) atoms. The van der Waals surface area contributed by atoms with Crippen LogP contribution in [0.1, 0.15) is 88.9 Å². The first-order valence-corrected chi connectivity index (χ1v) is 26.3. The van der Waals surface area contributed by atoms with Crippen LogP contribution < -0.4 is 14.5 Å². The lowest BCUT2D eigenvalue weighted by molar-refractivity contribution is 0.332. The first-order chi connectivity index (χ1) is 42.8. The lowest BCUT2D eigenvalue weighted by atomic mass is 9.63. The van der Waals surface area contributed by atoms with Crippen LogP contribution in [0.4, 0.5) is 22.7 Å². The first-order valence-electron chi connectivity index (χ1n) is 32.8. The lowest BCUT2D eigenvalue weighted by Gasteiger charge is -2.42. The maximum atomic E-state index is 10.2. The van der Waals surface area contributed by atoms with Crippen LogP contribution in [0.25, 0.3) is 72.1 Å². The minimum atomic E-state index is -1.84. The van der Waals surface area contributed by atoms with Gasteiger partial charge in [-0.3, -0.25) is 4.57 Å². The molecule has 5 heteroatoms. The quantitative estimate of drug-likeness (QED) is 0.129. The summed E-state index contributed by atoms with van der Waals surface area (Å²) in [4.78, 5) is 9.05. The second kappa shape index (κ2) is 19.2. The Morgan fingerprint density at radius 1 is 0.545 bits per heavy atom. The number of para-hydroxylation sites is 4. The van der Waals surface area contributed by atoms with Gasteiger partial charge in [0.2, 0.25) is 0 Å². The summed E-state index contributed by atoms with van der Waals surface area (Å²) in [7, 11) is 0. The Kier molecular flexibility index (Phi) is 8.85. The molecule has 2 aliphatic rings. The summed E-state index contributed by atoms with van der Waals surface area (Å²) in [5, 5.41) is 0.779. The van der Waals surface area contributed by atoms with Gasteiger partial charge in [-0.05, 0) is 135 Å². The molecule has 0 saturated heterocycles. The fourth-order valence-corrected chi connectivity index (χ4v) is 11.2. The van der Waals surface area contributed by atoms with Crippen LogP contribution >= 0.6 is 0 Å². The average Bonchev–Trinajstić information content (AvgIpc) is 1.34. The van der Waals surface area contributed by atoms with E-state index >= 15 is 0 Å². The van der Waals surface area contributed by atoms with Crippen molar-refractivity contribution in [3.63, 3.8) is 0 Å². The normalized spacial score (nSPS) is 17.1. The van der Waals surface area contributed by atoms with Crippen LogP contribution in [0.15, 0.2) is 224 Å². The Morgan fingerprint density at radius 2 is 1.21 bits per heavy atom. The van der Waals surface area contributed by atoms with Gasteiger partial charge in [-0.1, -0.05) is 193 Å². The number of ether oxygens (including phenoxy) is 1. The molecule has 0 spiro atoms. The van der Waals surface area contributed by atoms with Gasteiger partial charge in [0.1, 0.15) is 24.0 Å². The number of aromatic nitrogens is 2. The van der Waals surface area contributed by atoms with E-state index in [0.29, 0.717) is 78.4 Å². The van der Waals surface area contributed by atoms with Gasteiger partial charge in [0.05, 0.1) is 43.2 Å². The summed E-state index contributed by atoms with van der Waals surface area (Å²) in [5.74, 6) is 0.591. The number of pyridine rings is 1. The summed E-state index contributed by atoms with van der Waals surface area (Å²) in [5.41, 5.74) is 7.31. The van der Waals surface area contributed by atoms with Gasteiger partial charge in [0.25, 0.3) is 0 Å². The van der Waals surface area contributed by atoms with Gasteiger partial charge in [-0.15, -0.1) is 0 Å². The molecule has 0 atom stereocenters. The molecular weight excluding hydrogens is 937 g/mol. The van der Waals surface area contributed by atoms with Crippen LogP contribution in [0.5, 0.6) is 11.5 Å². The van der Waals surface area contributed by atoms with Crippen molar-refractivity contribution in [3.8, 4) is 61.8 Å². The maximum absolute atomic E-state index is 10.2. The second-order valence-corrected chi connectivity index (χ2v) is 21.7. The van der Waals surface area contributed by atoms with Gasteiger partial charge < -0.3 is 14.5 Å². The van der Waals surface area contributed by atoms with E-state index in [1.165, 1.54) is 0 Å². The zero-order chi connectivity index (χ0) is 63.8. The minimum absolute atomic E-state index is 0.0484. The summed E-state index contributed by atoms with van der Waals surface area (Å²) < 4.78 is 131. The molecule has 5 nitrogen and oxygen atoms in total. The number of fused-ring (bicyclic) bond motifs is 5. The van der Waals surface area contributed by atoms with Crippen molar-refractivity contribution in [2.24, 2.45) is 5.92 Å². The predicted octanol–water partition coefficient (Wildman–Crippen LogP) is 19.4. The highest BCUT2D eigenvalue weighted by atomic mass is 16.5. The van der Waals surface area contributed by atoms with E-state index in [-0.39, 0.29) is 94.5 Å². The van der Waals surface area contributed by atoms with Crippen LogP contribution in [0.2, 0.25) is 0 Å². The molecule has 11 aromatic rings. The third-order valence-electron chi connectivity index (χ3n) is 15.2. The van der Waals surface area contributed by atoms with Crippen molar-refractivity contribution in [3.05, 3.63) is 241 Å². The second-order valence-electron chi connectivity index (χ2n) is 21.7. The van der Waals surface area contributed by atoms with Crippen LogP contribution in [0.3, 0.4) is 0 Å². The standard InChI is InChI=1S/C72H64N4O/c1-48(2)40-54-43-69(73-46-62(54)50-22-11-8-12-23-50)76-65-31-14-13-28-60(65)61-36-35-57(45-68(61)76)77-56-27-18-26-55(44-56)74-47-75(67-33-16-15-32-66(67)74)70-58(52-25-17-24-51(41-52)49-20-9-7-10-21-49)29-19-30-59(70)53-34-37-63-64(42-53)72(5,6)39-38-71(63,3)4/h7-37,41-46,48H,38-40,47H2,1-6H3/i13D,14D,17D,24D,25D,28D,31D,34D,37D,40D2,41D,42D. The minimum Gasteiger partial charge on any atom is -0.457 e. The van der Waals surface area contributed by atoms with E-state index in [9.17, 15) is 13.7 Å². The number of nitrogens with zero attached hydrogens (tertiary/aromatic N) is 4. The fraction of sp³-hybridized carbons (Fsp3) is 0.181. The van der Waals surface area contributed by atoms with E-state index < -0.39 is 35.2 Å². The molecule has 13 rings (SSSR count). The molecule has 378 valence electrons. The summed E-state index contributed by atoms with van der Waals surface area (Å²) in [6.45, 7) is 12.1. The monoisotopic (exact) mass is 1010 g/mol. The van der Waals surface area contributed by atoms with Crippen LogP contribution in [-0.2, 0) is 17.2 Å². The zero-order valence-corrected chi connectivity index (χ0v) is 43.9. The Bertz CT molecular complexity index is 4780. The molecule has 2 aromatic heterocycles. The van der Waals surface area contributed by atoms with Crippen molar-refractivity contribution >= 4 is 44.6 Å². The molecule has 0 radical (unpaired) electrons. The third kappa shape index (κ3) is 8.74. The smallest absolute Gasteiger partial charge is 0.137 e. The van der Waals surface area contributed by atoms with Gasteiger partial charge in [-0.25, -0.2) is 4.98 Å². The fourth-order valence-electron chi connectivity index (χ4n) is 11.2. The highest BCUT2D eigenvalue weighted by Gasteiger charge is 2.38. The average molecular weight is 1010 g/mol. The first kappa shape index (κ1) is 35.6. The third-order valence-corrected chi connectivity index (χ3v) is 15.2. The molecule has 0 fully saturated rings. The van der Waals surface area contributed by atoms with E-state index in [2.05, 4.69) is 32.6 Å². The Balaban J connectivity index is 0.965. The summed E-state index contributed by atoms with van der Waals surface area (Å²) >= 11 is 0. The van der Waals surface area contributed by atoms with E-state index in [4.69, 9.17) is 13.8 Å². The Morgan fingerprint density at radius 3 is 1.97 bits per heavy atom. The van der Waals surface area contributed by atoms with Crippen LogP contribution in [0, 0.1) is 5.92 Å². The molecule has 1 aliphatic carbocycles. The van der Waals surface area contributed by atoms with Crippen molar-refractivity contribution in [1.82, 2.24) is 9.55 Å². The predicted molar refractivity (Wildman–Crippen MR) is 323 cm³/mol. The molecule has 0 amide bonds. The maximum Gasteiger partial charge on any atom is 0.137 e. The van der Waals surface area contributed by atoms with E-state index in [1.54, 1.807) is 71.4 Å². The van der Waals surface area contributed by atoms with Crippen molar-refractivity contribution in [1.29, 1.82) is 0 Å². The molecule has 0 bridgehead atoms.